The number of aromatic nitrogens is 1. The van der Waals surface area contributed by atoms with Gasteiger partial charge in [0, 0.05) is 15.5 Å². The van der Waals surface area contributed by atoms with Crippen molar-refractivity contribution < 1.29 is 19.5 Å². The third kappa shape index (κ3) is 2.20. The van der Waals surface area contributed by atoms with Crippen molar-refractivity contribution in [1.29, 1.82) is 0 Å². The molecule has 9 heteroatoms. The Balaban J connectivity index is 1.45. The van der Waals surface area contributed by atoms with Crippen LogP contribution in [0.25, 0.3) is 0 Å². The molecule has 0 radical (unpaired) electrons. The molecule has 2 N–H and O–H groups in total. The van der Waals surface area contributed by atoms with Crippen LogP contribution < -0.4 is 4.87 Å². The Kier molecular flexibility index (Phi) is 3.74. The van der Waals surface area contributed by atoms with Crippen LogP contribution in [0.3, 0.4) is 0 Å². The van der Waals surface area contributed by atoms with Crippen LogP contribution in [0.15, 0.2) is 9.82 Å². The molecule has 2 amide bonds. The fourth-order valence-corrected chi connectivity index (χ4v) is 10.6. The summed E-state index contributed by atoms with van der Waals surface area (Å²) in [5.74, 6) is -1.98. The molecule has 0 unspecified atom stereocenters. The second-order valence-electron chi connectivity index (χ2n) is 9.27. The van der Waals surface area contributed by atoms with E-state index in [-0.39, 0.29) is 51.0 Å². The molecule has 7 nitrogen and oxygen atoms in total. The van der Waals surface area contributed by atoms with E-state index in [0.29, 0.717) is 5.92 Å². The number of H-pyrrole nitrogens is 1. The second kappa shape index (κ2) is 5.97. The highest BCUT2D eigenvalue weighted by Crippen LogP contribution is 2.71. The summed E-state index contributed by atoms with van der Waals surface area (Å²) in [5.41, 5.74) is -0.0682. The minimum atomic E-state index is -1.14. The molecule has 4 fully saturated rings. The predicted molar refractivity (Wildman–Crippen MR) is 106 cm³/mol. The summed E-state index contributed by atoms with van der Waals surface area (Å²) in [4.78, 5) is 54.7. The number of thiazole rings is 1. The Morgan fingerprint density at radius 3 is 2.48 bits per heavy atom. The molecular weight excluding hydrogens is 412 g/mol. The minimum absolute atomic E-state index is 0.0141. The average Bonchev–Trinajstić information content (AvgIpc) is 3.41. The van der Waals surface area contributed by atoms with Crippen LogP contribution in [0, 0.1) is 29.6 Å². The molecule has 3 heterocycles. The topological polar surface area (TPSA) is 108 Å². The molecule has 1 aromatic rings. The number of likely N-dealkylation sites (tertiary alicyclic amines) is 1. The van der Waals surface area contributed by atoms with E-state index in [2.05, 4.69) is 4.98 Å². The molecule has 1 saturated heterocycles. The standard InChI is InChI=1S/C20H22N2O5S2/c23-10(24)7-22-17(25)11-8-6-9(12(11)18(22)26)14-13(8)20(4-2-1-3-5-20)15-16(28-14)21-19(27)29-15/h8-9,11-14H,1-7H2,(H,21,27)(H,23,24)/t8-,9-,11+,12+,13-,14-/m0/s1. The Labute approximate surface area is 175 Å². The number of aromatic amines is 1. The summed E-state index contributed by atoms with van der Waals surface area (Å²) < 4.78 is 0. The number of aliphatic carboxylic acids is 1. The van der Waals surface area contributed by atoms with Gasteiger partial charge in [-0.05, 0) is 37.0 Å². The first-order valence-electron chi connectivity index (χ1n) is 10.4. The molecule has 2 aliphatic heterocycles. The van der Waals surface area contributed by atoms with Gasteiger partial charge in [-0.1, -0.05) is 30.6 Å². The molecule has 0 aromatic carbocycles. The SMILES string of the molecule is O=C(O)CN1C(=O)[C@@H]2[C@@H]3C[C@@H]([C@H]2C1=O)[C@H]1[C@H]3Sc2[nH]c(=O)sc2C12CCCCC2. The van der Waals surface area contributed by atoms with Crippen LogP contribution in [-0.2, 0) is 19.8 Å². The molecule has 1 aromatic heterocycles. The van der Waals surface area contributed by atoms with E-state index in [1.54, 1.807) is 11.8 Å². The van der Waals surface area contributed by atoms with Gasteiger partial charge >= 0.3 is 10.8 Å². The summed E-state index contributed by atoms with van der Waals surface area (Å²) in [5, 5.41) is 10.4. The van der Waals surface area contributed by atoms with Gasteiger partial charge in [0.05, 0.1) is 16.9 Å². The highest BCUT2D eigenvalue weighted by molar-refractivity contribution is 8.00. The van der Waals surface area contributed by atoms with Gasteiger partial charge in [0.15, 0.2) is 0 Å². The van der Waals surface area contributed by atoms with Crippen LogP contribution >= 0.6 is 23.1 Å². The van der Waals surface area contributed by atoms with Crippen LogP contribution in [0.2, 0.25) is 0 Å². The third-order valence-electron chi connectivity index (χ3n) is 8.19. The molecule has 3 saturated carbocycles. The largest absolute Gasteiger partial charge is 0.480 e. The molecule has 6 rings (SSSR count). The van der Waals surface area contributed by atoms with E-state index < -0.39 is 12.5 Å². The number of thioether (sulfide) groups is 1. The van der Waals surface area contributed by atoms with Gasteiger partial charge < -0.3 is 10.1 Å². The van der Waals surface area contributed by atoms with E-state index in [1.807, 2.05) is 0 Å². The van der Waals surface area contributed by atoms with E-state index in [1.165, 1.54) is 22.6 Å². The van der Waals surface area contributed by atoms with E-state index in [4.69, 9.17) is 5.11 Å². The van der Waals surface area contributed by atoms with Gasteiger partial charge in [-0.3, -0.25) is 24.1 Å². The lowest BCUT2D eigenvalue weighted by Gasteiger charge is -2.52. The smallest absolute Gasteiger partial charge is 0.323 e. The van der Waals surface area contributed by atoms with Gasteiger partial charge in [0.25, 0.3) is 0 Å². The molecule has 1 spiro atoms. The fraction of sp³-hybridized carbons (Fsp3) is 0.700. The number of nitrogens with zero attached hydrogens (tertiary/aromatic N) is 1. The first kappa shape index (κ1) is 18.2. The fourth-order valence-electron chi connectivity index (χ4n) is 7.43. The molecule has 5 aliphatic rings. The molecule has 29 heavy (non-hydrogen) atoms. The van der Waals surface area contributed by atoms with Crippen molar-refractivity contribution in [2.45, 2.75) is 54.2 Å². The van der Waals surface area contributed by atoms with Crippen LogP contribution in [0.5, 0.6) is 0 Å². The van der Waals surface area contributed by atoms with Crippen LogP contribution in [0.1, 0.15) is 43.4 Å². The normalized spacial score (nSPS) is 39.0. The predicted octanol–water partition coefficient (Wildman–Crippen LogP) is 2.06. The van der Waals surface area contributed by atoms with E-state index >= 15 is 0 Å². The molecular formula is C20H22N2O5S2. The van der Waals surface area contributed by atoms with Gasteiger partial charge in [-0.2, -0.15) is 0 Å². The Morgan fingerprint density at radius 1 is 1.10 bits per heavy atom. The number of hydrogen-bond acceptors (Lipinski definition) is 6. The van der Waals surface area contributed by atoms with Crippen molar-refractivity contribution in [2.75, 3.05) is 6.54 Å². The zero-order valence-electron chi connectivity index (χ0n) is 15.8. The minimum Gasteiger partial charge on any atom is -0.480 e. The molecule has 6 atom stereocenters. The first-order chi connectivity index (χ1) is 13.9. The van der Waals surface area contributed by atoms with Crippen molar-refractivity contribution in [3.8, 4) is 0 Å². The number of carbonyl (C=O) groups is 3. The average molecular weight is 435 g/mol. The number of hydrogen-bond donors (Lipinski definition) is 2. The van der Waals surface area contributed by atoms with Gasteiger partial charge in [-0.25, -0.2) is 0 Å². The maximum Gasteiger partial charge on any atom is 0.323 e. The Morgan fingerprint density at radius 2 is 1.79 bits per heavy atom. The monoisotopic (exact) mass is 434 g/mol. The van der Waals surface area contributed by atoms with Crippen molar-refractivity contribution >= 4 is 40.9 Å². The summed E-state index contributed by atoms with van der Waals surface area (Å²) in [6.45, 7) is -0.529. The Hall–Kier alpha value is -1.61. The number of carboxylic acids is 1. The highest BCUT2D eigenvalue weighted by Gasteiger charge is 2.72. The summed E-state index contributed by atoms with van der Waals surface area (Å²) in [6.07, 6.45) is 6.40. The van der Waals surface area contributed by atoms with Crippen LogP contribution in [-0.4, -0.2) is 44.6 Å². The lowest BCUT2D eigenvalue weighted by molar-refractivity contribution is -0.150. The van der Waals surface area contributed by atoms with Crippen molar-refractivity contribution in [3.05, 3.63) is 14.5 Å². The number of imide groups is 1. The van der Waals surface area contributed by atoms with Crippen LogP contribution in [0.4, 0.5) is 0 Å². The lowest BCUT2D eigenvalue weighted by atomic mass is 9.57. The van der Waals surface area contributed by atoms with Crippen molar-refractivity contribution in [2.24, 2.45) is 29.6 Å². The maximum absolute atomic E-state index is 13.1. The van der Waals surface area contributed by atoms with Gasteiger partial charge in [-0.15, -0.1) is 11.8 Å². The number of carbonyl (C=O) groups excluding carboxylic acids is 2. The van der Waals surface area contributed by atoms with Crippen molar-refractivity contribution in [1.82, 2.24) is 9.88 Å². The zero-order valence-corrected chi connectivity index (χ0v) is 17.4. The quantitative estimate of drug-likeness (QED) is 0.690. The van der Waals surface area contributed by atoms with Gasteiger partial charge in [0.2, 0.25) is 11.8 Å². The number of carboxylic acid groups (broad SMARTS) is 1. The molecule has 3 aliphatic carbocycles. The van der Waals surface area contributed by atoms with E-state index in [0.717, 1.165) is 42.0 Å². The number of nitrogens with one attached hydrogen (secondary N) is 1. The third-order valence-corrected chi connectivity index (χ3v) is 10.9. The number of fused-ring (bicyclic) bond motifs is 11. The zero-order chi connectivity index (χ0) is 20.1. The summed E-state index contributed by atoms with van der Waals surface area (Å²) >= 11 is 3.04. The van der Waals surface area contributed by atoms with Gasteiger partial charge in [0.1, 0.15) is 6.54 Å². The summed E-state index contributed by atoms with van der Waals surface area (Å²) in [6, 6.07) is 0. The highest BCUT2D eigenvalue weighted by atomic mass is 32.2. The first-order valence-corrected chi connectivity index (χ1v) is 12.1. The number of amides is 2. The summed E-state index contributed by atoms with van der Waals surface area (Å²) in [7, 11) is 0. The molecule has 2 bridgehead atoms. The number of rotatable bonds is 2. The lowest BCUT2D eigenvalue weighted by Crippen LogP contribution is -2.51. The van der Waals surface area contributed by atoms with Crippen molar-refractivity contribution in [3.63, 3.8) is 0 Å². The Bertz CT molecular complexity index is 993. The van der Waals surface area contributed by atoms with E-state index in [9.17, 15) is 19.2 Å². The molecule has 154 valence electrons. The maximum atomic E-state index is 13.1. The second-order valence-corrected chi connectivity index (χ2v) is 11.4.